The number of carbonyl (C=O) groups excluding carboxylic acids is 2. The van der Waals surface area contributed by atoms with Gasteiger partial charge in [0.1, 0.15) is 6.04 Å². The minimum absolute atomic E-state index is 0.168. The van der Waals surface area contributed by atoms with Crippen molar-refractivity contribution < 1.29 is 23.6 Å². The van der Waals surface area contributed by atoms with E-state index in [4.69, 9.17) is 4.52 Å². The quantitative estimate of drug-likeness (QED) is 0.391. The number of benzene rings is 1. The maximum Gasteiger partial charge on any atom is 0.351 e. The van der Waals surface area contributed by atoms with Crippen molar-refractivity contribution in [3.8, 4) is 0 Å². The molecule has 0 bridgehead atoms. The normalized spacial score (nSPS) is 17.0. The topological polar surface area (TPSA) is 108 Å². The monoisotopic (exact) mass is 509 g/mol. The molecule has 0 aliphatic rings. The van der Waals surface area contributed by atoms with Crippen molar-refractivity contribution in [2.24, 2.45) is 11.3 Å². The van der Waals surface area contributed by atoms with Gasteiger partial charge < -0.3 is 25.0 Å². The maximum atomic E-state index is 14.4. The SMILES string of the molecule is CNC(=O)[C@@H](N(C(=O)[C@@H](NC)C(C)(C)c1ccccc1)[C@H](/C=C/P(=O)(O)OC)C(C)C)C(C)(C)C. The molecule has 0 spiro atoms. The molecule has 0 aromatic heterocycles. The lowest BCUT2D eigenvalue weighted by atomic mass is 9.75. The fraction of sp³-hybridized carbons (Fsp3) is 0.615. The van der Waals surface area contributed by atoms with E-state index >= 15 is 0 Å². The Morgan fingerprint density at radius 2 is 1.63 bits per heavy atom. The summed E-state index contributed by atoms with van der Waals surface area (Å²) in [5, 5.41) is 5.89. The van der Waals surface area contributed by atoms with Gasteiger partial charge in [-0.15, -0.1) is 0 Å². The summed E-state index contributed by atoms with van der Waals surface area (Å²) >= 11 is 0. The molecule has 1 rings (SSSR count). The molecule has 0 radical (unpaired) electrons. The van der Waals surface area contributed by atoms with Crippen molar-refractivity contribution in [2.75, 3.05) is 21.2 Å². The molecule has 35 heavy (non-hydrogen) atoms. The van der Waals surface area contributed by atoms with Gasteiger partial charge in [0.25, 0.3) is 0 Å². The molecular weight excluding hydrogens is 465 g/mol. The standard InChI is InChI=1S/C26H44N3O5P/c1-18(2)20(16-17-35(32,33)34-10)29(22(23(30)28-9)25(3,4)5)24(31)21(27-8)26(6,7)19-14-12-11-13-15-19/h11-18,20-22,27H,1-10H3,(H,28,30)(H,32,33)/b17-16+/t20-,21-,22-/m1/s1. The minimum atomic E-state index is -3.98. The van der Waals surface area contributed by atoms with Crippen LogP contribution in [0, 0.1) is 11.3 Å². The van der Waals surface area contributed by atoms with Crippen LogP contribution in [-0.4, -0.2) is 60.9 Å². The molecule has 9 heteroatoms. The van der Waals surface area contributed by atoms with Gasteiger partial charge >= 0.3 is 7.60 Å². The van der Waals surface area contributed by atoms with Crippen LogP contribution in [0.15, 0.2) is 42.2 Å². The van der Waals surface area contributed by atoms with Crippen molar-refractivity contribution in [1.29, 1.82) is 0 Å². The predicted molar refractivity (Wildman–Crippen MR) is 141 cm³/mol. The third-order valence-electron chi connectivity index (χ3n) is 6.36. The molecule has 0 saturated heterocycles. The molecule has 0 aliphatic heterocycles. The first-order valence-corrected chi connectivity index (χ1v) is 13.5. The van der Waals surface area contributed by atoms with E-state index in [9.17, 15) is 19.0 Å². The van der Waals surface area contributed by atoms with Crippen LogP contribution in [0.5, 0.6) is 0 Å². The summed E-state index contributed by atoms with van der Waals surface area (Å²) in [6.07, 6.45) is 1.51. The molecule has 1 unspecified atom stereocenters. The molecule has 1 aromatic rings. The maximum absolute atomic E-state index is 14.4. The van der Waals surface area contributed by atoms with Gasteiger partial charge in [0.2, 0.25) is 11.8 Å². The Hall–Kier alpha value is -1.99. The fourth-order valence-electron chi connectivity index (χ4n) is 4.39. The van der Waals surface area contributed by atoms with Gasteiger partial charge in [0.05, 0.1) is 12.1 Å². The highest BCUT2D eigenvalue weighted by molar-refractivity contribution is 7.56. The highest BCUT2D eigenvalue weighted by Gasteiger charge is 2.47. The largest absolute Gasteiger partial charge is 0.357 e. The first-order valence-electron chi connectivity index (χ1n) is 11.9. The first kappa shape index (κ1) is 31.0. The van der Waals surface area contributed by atoms with E-state index < -0.39 is 36.6 Å². The fourth-order valence-corrected chi connectivity index (χ4v) is 4.91. The lowest BCUT2D eigenvalue weighted by Crippen LogP contribution is -2.65. The van der Waals surface area contributed by atoms with Crippen LogP contribution in [0.1, 0.15) is 54.0 Å². The van der Waals surface area contributed by atoms with E-state index in [0.29, 0.717) is 0 Å². The molecule has 0 aliphatic carbocycles. The van der Waals surface area contributed by atoms with Crippen LogP contribution < -0.4 is 10.6 Å². The number of rotatable bonds is 11. The van der Waals surface area contributed by atoms with Gasteiger partial charge in [-0.25, -0.2) is 0 Å². The van der Waals surface area contributed by atoms with Gasteiger partial charge in [-0.3, -0.25) is 14.2 Å². The molecule has 1 aromatic carbocycles. The molecule has 8 nitrogen and oxygen atoms in total. The Labute approximate surface area is 211 Å². The zero-order chi connectivity index (χ0) is 27.2. The molecule has 0 saturated carbocycles. The van der Waals surface area contributed by atoms with E-state index in [2.05, 4.69) is 10.6 Å². The molecule has 0 fully saturated rings. The number of nitrogens with one attached hydrogen (secondary N) is 2. The third kappa shape index (κ3) is 7.74. The highest BCUT2D eigenvalue weighted by Crippen LogP contribution is 2.43. The van der Waals surface area contributed by atoms with E-state index in [1.165, 1.54) is 6.08 Å². The van der Waals surface area contributed by atoms with Gasteiger partial charge in [0.15, 0.2) is 0 Å². The number of hydrogen-bond acceptors (Lipinski definition) is 5. The van der Waals surface area contributed by atoms with Crippen LogP contribution in [0.2, 0.25) is 0 Å². The van der Waals surface area contributed by atoms with E-state index in [0.717, 1.165) is 18.5 Å². The summed E-state index contributed by atoms with van der Waals surface area (Å²) < 4.78 is 17.0. The van der Waals surface area contributed by atoms with Gasteiger partial charge in [-0.05, 0) is 23.9 Å². The average molecular weight is 510 g/mol. The van der Waals surface area contributed by atoms with Crippen molar-refractivity contribution >= 4 is 19.4 Å². The summed E-state index contributed by atoms with van der Waals surface area (Å²) in [6.45, 7) is 13.5. The zero-order valence-electron chi connectivity index (χ0n) is 22.8. The van der Waals surface area contributed by atoms with E-state index in [-0.39, 0.29) is 17.7 Å². The Morgan fingerprint density at radius 3 is 2.03 bits per heavy atom. The van der Waals surface area contributed by atoms with Crippen LogP contribution in [0.25, 0.3) is 0 Å². The number of hydrogen-bond donors (Lipinski definition) is 3. The second-order valence-electron chi connectivity index (χ2n) is 10.8. The smallest absolute Gasteiger partial charge is 0.351 e. The van der Waals surface area contributed by atoms with Crippen molar-refractivity contribution in [2.45, 2.75) is 72.0 Å². The molecule has 2 amide bonds. The average Bonchev–Trinajstić information content (AvgIpc) is 2.77. The summed E-state index contributed by atoms with van der Waals surface area (Å²) in [7, 11) is 0.438. The molecular formula is C26H44N3O5P. The summed E-state index contributed by atoms with van der Waals surface area (Å²) in [6, 6.07) is 7.55. The van der Waals surface area contributed by atoms with Gasteiger partial charge in [-0.2, -0.15) is 0 Å². The van der Waals surface area contributed by atoms with Crippen LogP contribution in [0.4, 0.5) is 0 Å². The van der Waals surface area contributed by atoms with E-state index in [1.54, 1.807) is 19.0 Å². The number of carbonyl (C=O) groups is 2. The van der Waals surface area contributed by atoms with Crippen molar-refractivity contribution in [1.82, 2.24) is 15.5 Å². The molecule has 3 N–H and O–H groups in total. The summed E-state index contributed by atoms with van der Waals surface area (Å²) in [5.74, 6) is 0.339. The number of likely N-dealkylation sites (N-methyl/N-ethyl adjacent to an activating group) is 2. The number of amides is 2. The van der Waals surface area contributed by atoms with Crippen LogP contribution in [-0.2, 0) is 24.1 Å². The Morgan fingerprint density at radius 1 is 1.09 bits per heavy atom. The predicted octanol–water partition coefficient (Wildman–Crippen LogP) is 3.91. The van der Waals surface area contributed by atoms with Crippen LogP contribution in [0.3, 0.4) is 0 Å². The molecule has 198 valence electrons. The third-order valence-corrected chi connectivity index (χ3v) is 7.43. The first-order chi connectivity index (χ1) is 16.0. The lowest BCUT2D eigenvalue weighted by molar-refractivity contribution is -0.150. The second kappa shape index (κ2) is 12.3. The van der Waals surface area contributed by atoms with Crippen molar-refractivity contribution in [3.05, 3.63) is 47.8 Å². The lowest BCUT2D eigenvalue weighted by Gasteiger charge is -2.47. The minimum Gasteiger partial charge on any atom is -0.357 e. The Bertz CT molecular complexity index is 925. The number of nitrogens with zero attached hydrogens (tertiary/aromatic N) is 1. The zero-order valence-corrected chi connectivity index (χ0v) is 23.7. The summed E-state index contributed by atoms with van der Waals surface area (Å²) in [4.78, 5) is 39.3. The van der Waals surface area contributed by atoms with Crippen molar-refractivity contribution in [3.63, 3.8) is 0 Å². The Kier molecular flexibility index (Phi) is 10.9. The highest BCUT2D eigenvalue weighted by atomic mass is 31.2. The van der Waals surface area contributed by atoms with Gasteiger partial charge in [-0.1, -0.05) is 84.9 Å². The summed E-state index contributed by atoms with van der Waals surface area (Å²) in [5.41, 5.74) is -0.285. The van der Waals surface area contributed by atoms with E-state index in [1.807, 2.05) is 78.8 Å². The van der Waals surface area contributed by atoms with Gasteiger partial charge in [0, 0.05) is 25.4 Å². The molecule has 4 atom stereocenters. The Balaban J connectivity index is 3.81. The second-order valence-corrected chi connectivity index (χ2v) is 12.6. The van der Waals surface area contributed by atoms with Crippen LogP contribution >= 0.6 is 7.60 Å². The molecule has 0 heterocycles.